The molecule has 182 valence electrons. The number of carbonyl (C=O) groups excluding carboxylic acids is 1. The summed E-state index contributed by atoms with van der Waals surface area (Å²) >= 11 is 5.98. The Balaban J connectivity index is 0.000000241. The Hall–Kier alpha value is -3.08. The zero-order chi connectivity index (χ0) is 25.2. The van der Waals surface area contributed by atoms with Gasteiger partial charge >= 0.3 is 11.9 Å². The number of alkyl halides is 1. The smallest absolute Gasteiger partial charge is 0.357 e. The highest BCUT2D eigenvalue weighted by atomic mass is 79.9. The van der Waals surface area contributed by atoms with Crippen LogP contribution in [0.4, 0.5) is 0 Å². The predicted molar refractivity (Wildman–Crippen MR) is 141 cm³/mol. The van der Waals surface area contributed by atoms with Crippen LogP contribution in [0.1, 0.15) is 43.5 Å². The van der Waals surface area contributed by atoms with E-state index in [4.69, 9.17) is 14.6 Å². The second kappa shape index (κ2) is 13.1. The highest BCUT2D eigenvalue weighted by Crippen LogP contribution is 2.23. The molecular formula is C25H23BrN2O5S2. The molecule has 35 heavy (non-hydrogen) atoms. The molecule has 4 aromatic rings. The van der Waals surface area contributed by atoms with Gasteiger partial charge in [-0.25, -0.2) is 19.6 Å². The average Bonchev–Trinajstić information content (AvgIpc) is 3.54. The molecule has 0 amide bonds. The monoisotopic (exact) mass is 574 g/mol. The number of hydrogen-bond donors (Lipinski definition) is 1. The lowest BCUT2D eigenvalue weighted by atomic mass is 10.0. The molecule has 0 unspecified atom stereocenters. The number of carboxylic acids is 1. The molecule has 0 radical (unpaired) electrons. The van der Waals surface area contributed by atoms with Gasteiger partial charge in [0.25, 0.3) is 0 Å². The minimum atomic E-state index is -1.02. The standard InChI is InChI=1S/C18H15NO3S.C7H8BrNO2S/c1-12-2-4-13(5-3-12)14-6-8-15(9-7-14)22-10-17-19-16(11-23-17)18(20)21;1-2-11-7(10)5-4-12-6(3-8)9-5/h2-9,11H,10H2,1H3,(H,20,21);4H,2-3H2,1H3. The summed E-state index contributed by atoms with van der Waals surface area (Å²) in [6.45, 7) is 4.49. The molecule has 4 rings (SSSR count). The van der Waals surface area contributed by atoms with E-state index in [9.17, 15) is 9.59 Å². The summed E-state index contributed by atoms with van der Waals surface area (Å²) < 4.78 is 10.4. The van der Waals surface area contributed by atoms with Crippen molar-refractivity contribution in [1.82, 2.24) is 9.97 Å². The van der Waals surface area contributed by atoms with Crippen LogP contribution in [0.25, 0.3) is 11.1 Å². The SMILES string of the molecule is CCOC(=O)c1csc(CBr)n1.Cc1ccc(-c2ccc(OCc3nc(C(=O)O)cs3)cc2)cc1. The van der Waals surface area contributed by atoms with E-state index in [0.29, 0.717) is 22.6 Å². The topological polar surface area (TPSA) is 98.6 Å². The van der Waals surface area contributed by atoms with Gasteiger partial charge in [0, 0.05) is 10.8 Å². The van der Waals surface area contributed by atoms with Gasteiger partial charge in [0.2, 0.25) is 0 Å². The quantitative estimate of drug-likeness (QED) is 0.187. The molecule has 7 nitrogen and oxygen atoms in total. The third-order valence-electron chi connectivity index (χ3n) is 4.52. The highest BCUT2D eigenvalue weighted by molar-refractivity contribution is 9.08. The maximum atomic E-state index is 11.1. The van der Waals surface area contributed by atoms with E-state index in [-0.39, 0.29) is 18.3 Å². The van der Waals surface area contributed by atoms with E-state index in [2.05, 4.69) is 57.1 Å². The van der Waals surface area contributed by atoms with Gasteiger partial charge in [-0.3, -0.25) is 0 Å². The van der Waals surface area contributed by atoms with Crippen molar-refractivity contribution in [2.45, 2.75) is 25.8 Å². The first-order valence-electron chi connectivity index (χ1n) is 10.5. The van der Waals surface area contributed by atoms with Crippen molar-refractivity contribution in [3.05, 3.63) is 86.3 Å². The molecule has 2 heterocycles. The number of aryl methyl sites for hydroxylation is 1. The van der Waals surface area contributed by atoms with Crippen LogP contribution in [-0.2, 0) is 16.7 Å². The Labute approximate surface area is 219 Å². The molecule has 0 aliphatic carbocycles. The number of benzene rings is 2. The number of halogens is 1. The Kier molecular flexibility index (Phi) is 9.95. The van der Waals surface area contributed by atoms with Crippen molar-refractivity contribution in [2.75, 3.05) is 6.61 Å². The summed E-state index contributed by atoms with van der Waals surface area (Å²) in [7, 11) is 0. The molecule has 0 spiro atoms. The Bertz CT molecular complexity index is 1250. The van der Waals surface area contributed by atoms with Gasteiger partial charge < -0.3 is 14.6 Å². The van der Waals surface area contributed by atoms with E-state index in [1.165, 1.54) is 33.6 Å². The average molecular weight is 576 g/mol. The Morgan fingerprint density at radius 1 is 0.914 bits per heavy atom. The molecule has 0 atom stereocenters. The minimum absolute atomic E-state index is 0.0586. The van der Waals surface area contributed by atoms with Crippen molar-refractivity contribution in [3.63, 3.8) is 0 Å². The van der Waals surface area contributed by atoms with Crippen molar-refractivity contribution in [1.29, 1.82) is 0 Å². The Morgan fingerprint density at radius 3 is 2.03 bits per heavy atom. The normalized spacial score (nSPS) is 10.3. The molecular weight excluding hydrogens is 552 g/mol. The first-order valence-corrected chi connectivity index (χ1v) is 13.4. The lowest BCUT2D eigenvalue weighted by Gasteiger charge is -2.06. The van der Waals surface area contributed by atoms with Crippen LogP contribution in [0, 0.1) is 6.92 Å². The van der Waals surface area contributed by atoms with Gasteiger partial charge in [-0.2, -0.15) is 0 Å². The zero-order valence-electron chi connectivity index (χ0n) is 19.1. The molecule has 0 saturated heterocycles. The van der Waals surface area contributed by atoms with Crippen LogP contribution in [0.3, 0.4) is 0 Å². The van der Waals surface area contributed by atoms with E-state index in [0.717, 1.165) is 21.9 Å². The molecule has 0 bridgehead atoms. The van der Waals surface area contributed by atoms with Crippen LogP contribution in [0.15, 0.2) is 59.3 Å². The van der Waals surface area contributed by atoms with E-state index >= 15 is 0 Å². The molecule has 10 heteroatoms. The Morgan fingerprint density at radius 2 is 1.49 bits per heavy atom. The van der Waals surface area contributed by atoms with Gasteiger partial charge in [0.1, 0.15) is 22.4 Å². The first-order chi connectivity index (χ1) is 16.9. The summed E-state index contributed by atoms with van der Waals surface area (Å²) in [4.78, 5) is 29.9. The van der Waals surface area contributed by atoms with Crippen molar-refractivity contribution in [2.24, 2.45) is 0 Å². The first kappa shape index (κ1) is 26.5. The zero-order valence-corrected chi connectivity index (χ0v) is 22.3. The van der Waals surface area contributed by atoms with Gasteiger partial charge in [0.05, 0.1) is 11.9 Å². The van der Waals surface area contributed by atoms with Crippen molar-refractivity contribution in [3.8, 4) is 16.9 Å². The summed E-state index contributed by atoms with van der Waals surface area (Å²) in [5.74, 6) is -0.635. The summed E-state index contributed by atoms with van der Waals surface area (Å²) in [6, 6.07) is 16.2. The van der Waals surface area contributed by atoms with Crippen LogP contribution in [0.2, 0.25) is 0 Å². The lowest BCUT2D eigenvalue weighted by molar-refractivity contribution is 0.0519. The van der Waals surface area contributed by atoms with E-state index in [1.54, 1.807) is 12.3 Å². The number of hydrogen-bond acceptors (Lipinski definition) is 8. The number of rotatable bonds is 8. The van der Waals surface area contributed by atoms with Gasteiger partial charge in [-0.15, -0.1) is 22.7 Å². The second-order valence-corrected chi connectivity index (χ2v) is 9.54. The molecule has 2 aromatic carbocycles. The maximum Gasteiger partial charge on any atom is 0.357 e. The van der Waals surface area contributed by atoms with Crippen LogP contribution in [0.5, 0.6) is 5.75 Å². The molecule has 1 N–H and O–H groups in total. The number of esters is 1. The number of aromatic carboxylic acids is 1. The van der Waals surface area contributed by atoms with Gasteiger partial charge in [-0.1, -0.05) is 57.9 Å². The largest absolute Gasteiger partial charge is 0.486 e. The summed E-state index contributed by atoms with van der Waals surface area (Å²) in [5.41, 5.74) is 3.98. The molecule has 2 aromatic heterocycles. The molecule has 0 saturated carbocycles. The van der Waals surface area contributed by atoms with E-state index < -0.39 is 5.97 Å². The van der Waals surface area contributed by atoms with Crippen molar-refractivity contribution < 1.29 is 24.2 Å². The predicted octanol–water partition coefficient (Wildman–Crippen LogP) is 6.61. The number of aromatic nitrogens is 2. The fourth-order valence-corrected chi connectivity index (χ4v) is 4.59. The highest BCUT2D eigenvalue weighted by Gasteiger charge is 2.10. The number of ether oxygens (including phenoxy) is 2. The van der Waals surface area contributed by atoms with Crippen LogP contribution >= 0.6 is 38.6 Å². The molecule has 0 aliphatic heterocycles. The van der Waals surface area contributed by atoms with Crippen molar-refractivity contribution >= 4 is 50.5 Å². The van der Waals surface area contributed by atoms with Gasteiger partial charge in [0.15, 0.2) is 11.4 Å². The fourth-order valence-electron chi connectivity index (χ4n) is 2.78. The fraction of sp³-hybridized carbons (Fsp3) is 0.200. The third kappa shape index (κ3) is 7.98. The molecule has 0 fully saturated rings. The van der Waals surface area contributed by atoms with Crippen LogP contribution < -0.4 is 4.74 Å². The summed E-state index contributed by atoms with van der Waals surface area (Å²) in [6.07, 6.45) is 0. The number of thiazole rings is 2. The number of nitrogens with zero attached hydrogens (tertiary/aromatic N) is 2. The van der Waals surface area contributed by atoms with Gasteiger partial charge in [-0.05, 0) is 37.1 Å². The third-order valence-corrected chi connectivity index (χ3v) is 7.10. The summed E-state index contributed by atoms with van der Waals surface area (Å²) in [5, 5.41) is 14.3. The minimum Gasteiger partial charge on any atom is -0.486 e. The maximum absolute atomic E-state index is 11.1. The molecule has 0 aliphatic rings. The number of carboxylic acid groups (broad SMARTS) is 1. The second-order valence-electron chi connectivity index (χ2n) is 7.09. The van der Waals surface area contributed by atoms with E-state index in [1.807, 2.05) is 24.3 Å². The number of carbonyl (C=O) groups is 2. The lowest BCUT2D eigenvalue weighted by Crippen LogP contribution is -2.04. The van der Waals surface area contributed by atoms with Crippen LogP contribution in [-0.4, -0.2) is 33.6 Å².